The van der Waals surface area contributed by atoms with E-state index in [4.69, 9.17) is 17.0 Å². The van der Waals surface area contributed by atoms with Crippen molar-refractivity contribution < 1.29 is 14.3 Å². The molecule has 0 aromatic heterocycles. The van der Waals surface area contributed by atoms with Crippen LogP contribution in [0.4, 0.5) is 0 Å². The van der Waals surface area contributed by atoms with Crippen LogP contribution in [0, 0.1) is 0 Å². The van der Waals surface area contributed by atoms with Crippen molar-refractivity contribution >= 4 is 40.2 Å². The van der Waals surface area contributed by atoms with Crippen LogP contribution in [-0.4, -0.2) is 39.5 Å². The number of benzene rings is 1. The number of carbonyl (C=O) groups excluding carboxylic acids is 2. The lowest BCUT2D eigenvalue weighted by Gasteiger charge is -2.21. The van der Waals surface area contributed by atoms with Gasteiger partial charge in [0.2, 0.25) is 0 Å². The molecular weight excluding hydrogens is 282 g/mol. The summed E-state index contributed by atoms with van der Waals surface area (Å²) in [4.78, 5) is 25.6. The molecule has 1 aromatic rings. The normalized spacial score (nSPS) is 18.5. The smallest absolute Gasteiger partial charge is 0.330 e. The van der Waals surface area contributed by atoms with E-state index in [0.717, 1.165) is 0 Å². The first-order valence-corrected chi connectivity index (χ1v) is 7.26. The maximum atomic E-state index is 12.4. The van der Waals surface area contributed by atoms with E-state index in [9.17, 15) is 9.59 Å². The SMILES string of the molecule is CCOC(=O)[C@@H]1CSC(=S)N1C(=O)c1ccccc1. The molecule has 19 heavy (non-hydrogen) atoms. The Bertz CT molecular complexity index is 504. The van der Waals surface area contributed by atoms with Gasteiger partial charge in [0.25, 0.3) is 5.91 Å². The molecule has 0 unspecified atom stereocenters. The van der Waals surface area contributed by atoms with Gasteiger partial charge in [0.05, 0.1) is 6.61 Å². The number of carbonyl (C=O) groups is 2. The van der Waals surface area contributed by atoms with Crippen molar-refractivity contribution in [3.63, 3.8) is 0 Å². The molecule has 0 spiro atoms. The van der Waals surface area contributed by atoms with E-state index in [-0.39, 0.29) is 5.91 Å². The quantitative estimate of drug-likeness (QED) is 0.631. The van der Waals surface area contributed by atoms with Gasteiger partial charge in [-0.25, -0.2) is 4.79 Å². The first-order valence-electron chi connectivity index (χ1n) is 5.87. The Hall–Kier alpha value is -1.40. The zero-order chi connectivity index (χ0) is 13.8. The summed E-state index contributed by atoms with van der Waals surface area (Å²) in [6.07, 6.45) is 0. The molecule has 1 atom stereocenters. The summed E-state index contributed by atoms with van der Waals surface area (Å²) in [7, 11) is 0. The third kappa shape index (κ3) is 2.96. The fraction of sp³-hybridized carbons (Fsp3) is 0.308. The van der Waals surface area contributed by atoms with Crippen molar-refractivity contribution in [3.8, 4) is 0 Å². The predicted molar refractivity (Wildman–Crippen MR) is 78.1 cm³/mol. The van der Waals surface area contributed by atoms with Gasteiger partial charge >= 0.3 is 5.97 Å². The molecule has 1 saturated heterocycles. The van der Waals surface area contributed by atoms with E-state index in [1.165, 1.54) is 16.7 Å². The van der Waals surface area contributed by atoms with Gasteiger partial charge in [0.1, 0.15) is 10.4 Å². The summed E-state index contributed by atoms with van der Waals surface area (Å²) < 4.78 is 5.41. The Kier molecular flexibility index (Phi) is 4.55. The third-order valence-electron chi connectivity index (χ3n) is 2.67. The molecule has 0 aliphatic carbocycles. The van der Waals surface area contributed by atoms with Crippen LogP contribution in [-0.2, 0) is 9.53 Å². The molecule has 4 nitrogen and oxygen atoms in total. The summed E-state index contributed by atoms with van der Waals surface area (Å²) in [5, 5.41) is 0. The summed E-state index contributed by atoms with van der Waals surface area (Å²) in [6.45, 7) is 2.03. The highest BCUT2D eigenvalue weighted by Gasteiger charge is 2.39. The number of amides is 1. The number of rotatable bonds is 3. The molecule has 0 saturated carbocycles. The highest BCUT2D eigenvalue weighted by atomic mass is 32.2. The minimum atomic E-state index is -0.620. The van der Waals surface area contributed by atoms with Gasteiger partial charge in [-0.05, 0) is 19.1 Å². The standard InChI is InChI=1S/C13H13NO3S2/c1-2-17-12(16)10-8-19-13(18)14(10)11(15)9-6-4-3-5-7-9/h3-7,10H,2,8H2,1H3/t10-/m0/s1. The second-order valence-corrected chi connectivity index (χ2v) is 5.54. The second kappa shape index (κ2) is 6.16. The number of ether oxygens (including phenoxy) is 1. The van der Waals surface area contributed by atoms with Crippen LogP contribution in [0.2, 0.25) is 0 Å². The molecule has 0 bridgehead atoms. The fourth-order valence-corrected chi connectivity index (χ4v) is 3.13. The van der Waals surface area contributed by atoms with Gasteiger partial charge < -0.3 is 4.74 Å². The van der Waals surface area contributed by atoms with Crippen LogP contribution in [0.25, 0.3) is 0 Å². The zero-order valence-corrected chi connectivity index (χ0v) is 12.0. The Labute approximate surface area is 121 Å². The molecule has 100 valence electrons. The lowest BCUT2D eigenvalue weighted by Crippen LogP contribution is -2.44. The summed E-state index contributed by atoms with van der Waals surface area (Å²) >= 11 is 6.48. The maximum Gasteiger partial charge on any atom is 0.330 e. The van der Waals surface area contributed by atoms with E-state index < -0.39 is 12.0 Å². The van der Waals surface area contributed by atoms with E-state index in [1.807, 2.05) is 6.07 Å². The monoisotopic (exact) mass is 295 g/mol. The largest absolute Gasteiger partial charge is 0.464 e. The Morgan fingerprint density at radius 1 is 1.42 bits per heavy atom. The zero-order valence-electron chi connectivity index (χ0n) is 10.4. The lowest BCUT2D eigenvalue weighted by atomic mass is 10.2. The minimum absolute atomic E-state index is 0.256. The first-order chi connectivity index (χ1) is 9.15. The molecule has 1 fully saturated rings. The minimum Gasteiger partial charge on any atom is -0.464 e. The lowest BCUT2D eigenvalue weighted by molar-refractivity contribution is -0.146. The number of hydrogen-bond donors (Lipinski definition) is 0. The van der Waals surface area contributed by atoms with Crippen molar-refractivity contribution in [2.75, 3.05) is 12.4 Å². The van der Waals surface area contributed by atoms with Gasteiger partial charge in [-0.3, -0.25) is 9.69 Å². The van der Waals surface area contributed by atoms with E-state index in [0.29, 0.717) is 22.2 Å². The molecule has 1 aliphatic rings. The van der Waals surface area contributed by atoms with Crippen molar-refractivity contribution in [1.82, 2.24) is 4.90 Å². The van der Waals surface area contributed by atoms with Gasteiger partial charge in [0.15, 0.2) is 0 Å². The number of thioether (sulfide) groups is 1. The van der Waals surface area contributed by atoms with Crippen LogP contribution in [0.5, 0.6) is 0 Å². The van der Waals surface area contributed by atoms with Crippen LogP contribution < -0.4 is 0 Å². The highest BCUT2D eigenvalue weighted by Crippen LogP contribution is 2.27. The van der Waals surface area contributed by atoms with Crippen LogP contribution >= 0.6 is 24.0 Å². The molecule has 1 heterocycles. The molecule has 2 rings (SSSR count). The van der Waals surface area contributed by atoms with E-state index >= 15 is 0 Å². The molecule has 0 N–H and O–H groups in total. The average Bonchev–Trinajstić information content (AvgIpc) is 2.81. The predicted octanol–water partition coefficient (Wildman–Crippen LogP) is 2.09. The van der Waals surface area contributed by atoms with Crippen LogP contribution in [0.1, 0.15) is 17.3 Å². The van der Waals surface area contributed by atoms with Crippen molar-refractivity contribution in [1.29, 1.82) is 0 Å². The third-order valence-corrected chi connectivity index (χ3v) is 4.15. The second-order valence-electron chi connectivity index (χ2n) is 3.89. The molecule has 0 radical (unpaired) electrons. The van der Waals surface area contributed by atoms with Crippen molar-refractivity contribution in [2.24, 2.45) is 0 Å². The van der Waals surface area contributed by atoms with Gasteiger partial charge in [-0.15, -0.1) is 0 Å². The summed E-state index contributed by atoms with van der Waals surface area (Å²) in [6, 6.07) is 8.17. The van der Waals surface area contributed by atoms with Gasteiger partial charge in [0, 0.05) is 11.3 Å². The Morgan fingerprint density at radius 3 is 2.74 bits per heavy atom. The molecular formula is C13H13NO3S2. The summed E-state index contributed by atoms with van der Waals surface area (Å²) in [5.74, 6) is -0.205. The number of esters is 1. The van der Waals surface area contributed by atoms with Crippen LogP contribution in [0.3, 0.4) is 0 Å². The van der Waals surface area contributed by atoms with Crippen molar-refractivity contribution in [3.05, 3.63) is 35.9 Å². The number of hydrogen-bond acceptors (Lipinski definition) is 5. The first kappa shape index (κ1) is 14.0. The Morgan fingerprint density at radius 2 is 2.11 bits per heavy atom. The maximum absolute atomic E-state index is 12.4. The van der Waals surface area contributed by atoms with E-state index in [2.05, 4.69) is 0 Å². The topological polar surface area (TPSA) is 46.6 Å². The number of thiocarbonyl (C=S) groups is 1. The molecule has 1 aliphatic heterocycles. The average molecular weight is 295 g/mol. The fourth-order valence-electron chi connectivity index (χ4n) is 1.78. The van der Waals surface area contributed by atoms with E-state index in [1.54, 1.807) is 31.2 Å². The number of nitrogens with zero attached hydrogens (tertiary/aromatic N) is 1. The van der Waals surface area contributed by atoms with Crippen LogP contribution in [0.15, 0.2) is 30.3 Å². The van der Waals surface area contributed by atoms with Gasteiger partial charge in [-0.1, -0.05) is 42.2 Å². The Balaban J connectivity index is 2.23. The molecule has 6 heteroatoms. The summed E-state index contributed by atoms with van der Waals surface area (Å²) in [5.41, 5.74) is 0.515. The molecule has 1 amide bonds. The molecule has 1 aromatic carbocycles. The van der Waals surface area contributed by atoms with Crippen molar-refractivity contribution in [2.45, 2.75) is 13.0 Å². The highest BCUT2D eigenvalue weighted by molar-refractivity contribution is 8.23. The van der Waals surface area contributed by atoms with Gasteiger partial charge in [-0.2, -0.15) is 0 Å².